The summed E-state index contributed by atoms with van der Waals surface area (Å²) in [5, 5.41) is 4.07. The number of hydrogen-bond acceptors (Lipinski definition) is 3. The number of benzene rings is 2. The fourth-order valence-corrected chi connectivity index (χ4v) is 2.64. The smallest absolute Gasteiger partial charge is 0.262 e. The molecule has 1 amide bonds. The Morgan fingerprint density at radius 2 is 1.84 bits per heavy atom. The number of carbonyl (C=O) groups is 1. The first-order chi connectivity index (χ1) is 12.1. The predicted molar refractivity (Wildman–Crippen MR) is 99.1 cm³/mol. The first-order valence-corrected chi connectivity index (χ1v) is 8.18. The van der Waals surface area contributed by atoms with E-state index in [9.17, 15) is 9.59 Å². The van der Waals surface area contributed by atoms with Gasteiger partial charge in [-0.05, 0) is 42.3 Å². The van der Waals surface area contributed by atoms with Crippen LogP contribution < -0.4 is 15.6 Å². The molecule has 1 aromatic heterocycles. The summed E-state index contributed by atoms with van der Waals surface area (Å²) in [4.78, 5) is 24.2. The van der Waals surface area contributed by atoms with Gasteiger partial charge in [0, 0.05) is 24.3 Å². The number of hydrogen-bond donors (Lipinski definition) is 1. The molecule has 0 unspecified atom stereocenters. The molecular formula is C20H20N2O3. The Morgan fingerprint density at radius 1 is 1.08 bits per heavy atom. The number of ether oxygens (including phenoxy) is 1. The number of aromatic nitrogens is 1. The van der Waals surface area contributed by atoms with Gasteiger partial charge in [0.2, 0.25) is 0 Å². The zero-order valence-corrected chi connectivity index (χ0v) is 14.3. The van der Waals surface area contributed by atoms with Gasteiger partial charge in [0.25, 0.3) is 11.5 Å². The Labute approximate surface area is 145 Å². The molecule has 0 aliphatic rings. The largest absolute Gasteiger partial charge is 0.483 e. The maximum absolute atomic E-state index is 12.1. The van der Waals surface area contributed by atoms with Gasteiger partial charge in [-0.15, -0.1) is 0 Å². The lowest BCUT2D eigenvalue weighted by Crippen LogP contribution is -2.20. The molecule has 25 heavy (non-hydrogen) atoms. The molecule has 1 N–H and O–H groups in total. The molecule has 0 atom stereocenters. The standard InChI is InChI=1S/C20H20N2O3/c1-3-14-7-9-15(10-8-14)21-19(23)13-25-18-6-4-5-17-16(18)11-12-22(2)20(17)24/h4-12H,3,13H2,1-2H3,(H,21,23). The number of amides is 1. The highest BCUT2D eigenvalue weighted by Crippen LogP contribution is 2.23. The second-order valence-electron chi connectivity index (χ2n) is 5.84. The van der Waals surface area contributed by atoms with Crippen LogP contribution in [0.2, 0.25) is 0 Å². The molecule has 5 heteroatoms. The van der Waals surface area contributed by atoms with E-state index >= 15 is 0 Å². The lowest BCUT2D eigenvalue weighted by molar-refractivity contribution is -0.118. The van der Waals surface area contributed by atoms with Gasteiger partial charge in [0.15, 0.2) is 6.61 Å². The quantitative estimate of drug-likeness (QED) is 0.779. The van der Waals surface area contributed by atoms with Gasteiger partial charge in [-0.2, -0.15) is 0 Å². The van der Waals surface area contributed by atoms with Crippen LogP contribution in [0.1, 0.15) is 12.5 Å². The normalized spacial score (nSPS) is 10.6. The SMILES string of the molecule is CCc1ccc(NC(=O)COc2cccc3c(=O)n(C)ccc23)cc1. The molecule has 0 aliphatic carbocycles. The van der Waals surface area contributed by atoms with Gasteiger partial charge >= 0.3 is 0 Å². The predicted octanol–water partition coefficient (Wildman–Crippen LogP) is 3.12. The number of rotatable bonds is 5. The third-order valence-electron chi connectivity index (χ3n) is 4.09. The molecule has 0 saturated carbocycles. The topological polar surface area (TPSA) is 60.3 Å². The summed E-state index contributed by atoms with van der Waals surface area (Å²) >= 11 is 0. The molecule has 0 spiro atoms. The fourth-order valence-electron chi connectivity index (χ4n) is 2.64. The molecule has 3 aromatic rings. The van der Waals surface area contributed by atoms with Crippen molar-refractivity contribution in [1.29, 1.82) is 0 Å². The second-order valence-corrected chi connectivity index (χ2v) is 5.84. The number of fused-ring (bicyclic) bond motifs is 1. The van der Waals surface area contributed by atoms with E-state index in [4.69, 9.17) is 4.74 Å². The molecule has 5 nitrogen and oxygen atoms in total. The molecule has 0 bridgehead atoms. The van der Waals surface area contributed by atoms with Crippen molar-refractivity contribution in [3.63, 3.8) is 0 Å². The van der Waals surface area contributed by atoms with Crippen molar-refractivity contribution in [2.45, 2.75) is 13.3 Å². The van der Waals surface area contributed by atoms with Crippen LogP contribution in [0.4, 0.5) is 5.69 Å². The summed E-state index contributed by atoms with van der Waals surface area (Å²) in [5.41, 5.74) is 1.85. The average Bonchev–Trinajstić information content (AvgIpc) is 2.63. The van der Waals surface area contributed by atoms with Gasteiger partial charge in [-0.3, -0.25) is 9.59 Å². The van der Waals surface area contributed by atoms with Gasteiger partial charge in [-0.1, -0.05) is 25.1 Å². The van der Waals surface area contributed by atoms with Crippen LogP contribution in [0.3, 0.4) is 0 Å². The van der Waals surface area contributed by atoms with Crippen LogP contribution >= 0.6 is 0 Å². The third kappa shape index (κ3) is 3.71. The Balaban J connectivity index is 1.70. The minimum atomic E-state index is -0.245. The Hall–Kier alpha value is -3.08. The molecule has 3 rings (SSSR count). The molecule has 128 valence electrons. The monoisotopic (exact) mass is 336 g/mol. The molecule has 2 aromatic carbocycles. The van der Waals surface area contributed by atoms with Crippen LogP contribution in [0.5, 0.6) is 5.75 Å². The molecule has 0 aliphatic heterocycles. The number of pyridine rings is 1. The van der Waals surface area contributed by atoms with E-state index in [0.717, 1.165) is 12.1 Å². The highest BCUT2D eigenvalue weighted by atomic mass is 16.5. The van der Waals surface area contributed by atoms with Crippen molar-refractivity contribution >= 4 is 22.4 Å². The minimum absolute atomic E-state index is 0.0941. The first-order valence-electron chi connectivity index (χ1n) is 8.18. The van der Waals surface area contributed by atoms with E-state index in [-0.39, 0.29) is 18.1 Å². The molecule has 0 fully saturated rings. The number of carbonyl (C=O) groups excluding carboxylic acids is 1. The van der Waals surface area contributed by atoms with E-state index in [1.165, 1.54) is 10.1 Å². The summed E-state index contributed by atoms with van der Waals surface area (Å²) in [5.74, 6) is 0.275. The third-order valence-corrected chi connectivity index (χ3v) is 4.09. The van der Waals surface area contributed by atoms with Gasteiger partial charge in [0.1, 0.15) is 5.75 Å². The van der Waals surface area contributed by atoms with E-state index < -0.39 is 0 Å². The summed E-state index contributed by atoms with van der Waals surface area (Å²) in [6.45, 7) is 1.96. The lowest BCUT2D eigenvalue weighted by Gasteiger charge is -2.10. The number of nitrogens with zero attached hydrogens (tertiary/aromatic N) is 1. The van der Waals surface area contributed by atoms with Gasteiger partial charge in [-0.25, -0.2) is 0 Å². The van der Waals surface area contributed by atoms with E-state index in [1.807, 2.05) is 30.3 Å². The highest BCUT2D eigenvalue weighted by Gasteiger charge is 2.08. The average molecular weight is 336 g/mol. The maximum atomic E-state index is 12.1. The van der Waals surface area contributed by atoms with Gasteiger partial charge < -0.3 is 14.6 Å². The number of nitrogens with one attached hydrogen (secondary N) is 1. The van der Waals surface area contributed by atoms with Crippen LogP contribution in [0, 0.1) is 0 Å². The van der Waals surface area contributed by atoms with Crippen molar-refractivity contribution < 1.29 is 9.53 Å². The zero-order valence-electron chi connectivity index (χ0n) is 14.3. The fraction of sp³-hybridized carbons (Fsp3) is 0.200. The molecule has 0 saturated heterocycles. The minimum Gasteiger partial charge on any atom is -0.483 e. The summed E-state index contributed by atoms with van der Waals surface area (Å²) in [7, 11) is 1.70. The Morgan fingerprint density at radius 3 is 2.56 bits per heavy atom. The zero-order chi connectivity index (χ0) is 17.8. The van der Waals surface area contributed by atoms with Crippen LogP contribution in [-0.4, -0.2) is 17.1 Å². The highest BCUT2D eigenvalue weighted by molar-refractivity contribution is 5.92. The summed E-state index contributed by atoms with van der Waals surface area (Å²) in [6, 6.07) is 14.8. The van der Waals surface area contributed by atoms with Crippen LogP contribution in [-0.2, 0) is 18.3 Å². The van der Waals surface area contributed by atoms with E-state index in [0.29, 0.717) is 16.5 Å². The molecular weight excluding hydrogens is 316 g/mol. The number of aryl methyl sites for hydroxylation is 2. The van der Waals surface area contributed by atoms with E-state index in [2.05, 4.69) is 12.2 Å². The lowest BCUT2D eigenvalue weighted by atomic mass is 10.1. The molecule has 1 heterocycles. The summed E-state index contributed by atoms with van der Waals surface area (Å²) < 4.78 is 7.15. The Bertz CT molecular complexity index is 959. The second kappa shape index (κ2) is 7.21. The van der Waals surface area contributed by atoms with Crippen molar-refractivity contribution in [3.8, 4) is 5.75 Å². The maximum Gasteiger partial charge on any atom is 0.262 e. The van der Waals surface area contributed by atoms with Crippen molar-refractivity contribution in [2.24, 2.45) is 7.05 Å². The van der Waals surface area contributed by atoms with Crippen molar-refractivity contribution in [2.75, 3.05) is 11.9 Å². The van der Waals surface area contributed by atoms with E-state index in [1.54, 1.807) is 31.4 Å². The van der Waals surface area contributed by atoms with Gasteiger partial charge in [0.05, 0.1) is 5.39 Å². The van der Waals surface area contributed by atoms with Crippen molar-refractivity contribution in [1.82, 2.24) is 4.57 Å². The molecule has 0 radical (unpaired) electrons. The van der Waals surface area contributed by atoms with Crippen LogP contribution in [0.15, 0.2) is 59.5 Å². The Kier molecular flexibility index (Phi) is 4.84. The van der Waals surface area contributed by atoms with Crippen LogP contribution in [0.25, 0.3) is 10.8 Å². The first kappa shape index (κ1) is 16.8. The summed E-state index contributed by atoms with van der Waals surface area (Å²) in [6.07, 6.45) is 2.64. The number of anilines is 1. The van der Waals surface area contributed by atoms with Crippen molar-refractivity contribution in [3.05, 3.63) is 70.6 Å².